The molecule has 1 unspecified atom stereocenters. The van der Waals surface area contributed by atoms with Crippen LogP contribution in [0.3, 0.4) is 0 Å². The molecule has 1 aromatic rings. The van der Waals surface area contributed by atoms with E-state index in [1.165, 1.54) is 5.69 Å². The van der Waals surface area contributed by atoms with Gasteiger partial charge in [-0.15, -0.1) is 0 Å². The Morgan fingerprint density at radius 3 is 2.29 bits per heavy atom. The monoisotopic (exact) mass is 359 g/mol. The summed E-state index contributed by atoms with van der Waals surface area (Å²) in [6, 6.07) is 0.267. The van der Waals surface area contributed by atoms with Gasteiger partial charge in [-0.3, -0.25) is 4.68 Å². The van der Waals surface area contributed by atoms with E-state index in [2.05, 4.69) is 54.0 Å². The van der Waals surface area contributed by atoms with E-state index in [4.69, 9.17) is 4.74 Å². The highest BCUT2D eigenvalue weighted by Crippen LogP contribution is 2.30. The van der Waals surface area contributed by atoms with Crippen molar-refractivity contribution in [2.45, 2.75) is 65.0 Å². The first-order valence-corrected chi connectivity index (χ1v) is 8.80. The Hall–Kier alpha value is -0.390. The SMILES string of the molecule is CCOC(CC)(CC)C(Cc1c(Br)c(CC)nn1C)NC. The Balaban J connectivity index is 3.08. The summed E-state index contributed by atoms with van der Waals surface area (Å²) in [5.74, 6) is 0. The Labute approximate surface area is 137 Å². The number of rotatable bonds is 9. The molecule has 0 spiro atoms. The highest BCUT2D eigenvalue weighted by atomic mass is 79.9. The molecule has 0 saturated carbocycles. The molecule has 0 aliphatic heterocycles. The number of hydrogen-bond acceptors (Lipinski definition) is 3. The van der Waals surface area contributed by atoms with Gasteiger partial charge in [0.25, 0.3) is 0 Å². The van der Waals surface area contributed by atoms with Gasteiger partial charge in [-0.05, 0) is 49.2 Å². The van der Waals surface area contributed by atoms with Gasteiger partial charge in [0.2, 0.25) is 0 Å². The molecule has 0 bridgehead atoms. The average Bonchev–Trinajstić information content (AvgIpc) is 2.77. The third kappa shape index (κ3) is 3.88. The molecule has 1 atom stereocenters. The van der Waals surface area contributed by atoms with Gasteiger partial charge in [0.15, 0.2) is 0 Å². The smallest absolute Gasteiger partial charge is 0.0833 e. The second kappa shape index (κ2) is 8.30. The van der Waals surface area contributed by atoms with Crippen molar-refractivity contribution < 1.29 is 4.74 Å². The molecule has 5 heteroatoms. The lowest BCUT2D eigenvalue weighted by atomic mass is 9.85. The summed E-state index contributed by atoms with van der Waals surface area (Å²) < 4.78 is 9.30. The third-order valence-corrected chi connectivity index (χ3v) is 5.43. The summed E-state index contributed by atoms with van der Waals surface area (Å²) >= 11 is 3.72. The van der Waals surface area contributed by atoms with Crippen molar-refractivity contribution in [2.75, 3.05) is 13.7 Å². The van der Waals surface area contributed by atoms with Crippen molar-refractivity contribution in [1.82, 2.24) is 15.1 Å². The molecule has 0 fully saturated rings. The van der Waals surface area contributed by atoms with E-state index in [1.807, 2.05) is 18.8 Å². The van der Waals surface area contributed by atoms with Crippen molar-refractivity contribution in [3.63, 3.8) is 0 Å². The standard InChI is InChI=1S/C16H30BrN3O/c1-7-12-15(17)13(20(6)19-12)11-14(18-5)16(8-2,9-3)21-10-4/h14,18H,7-11H2,1-6H3. The van der Waals surface area contributed by atoms with Crippen LogP contribution >= 0.6 is 15.9 Å². The fraction of sp³-hybridized carbons (Fsp3) is 0.812. The van der Waals surface area contributed by atoms with Crippen LogP contribution in [0.2, 0.25) is 0 Å². The Bertz CT molecular complexity index is 441. The fourth-order valence-electron chi connectivity index (χ4n) is 3.12. The van der Waals surface area contributed by atoms with Gasteiger partial charge in [-0.25, -0.2) is 0 Å². The number of nitrogens with one attached hydrogen (secondary N) is 1. The van der Waals surface area contributed by atoms with Crippen molar-refractivity contribution in [1.29, 1.82) is 0 Å². The molecular weight excluding hydrogens is 330 g/mol. The van der Waals surface area contributed by atoms with Crippen LogP contribution in [0.15, 0.2) is 4.47 Å². The van der Waals surface area contributed by atoms with Crippen LogP contribution in [0.1, 0.15) is 51.9 Å². The number of aromatic nitrogens is 2. The summed E-state index contributed by atoms with van der Waals surface area (Å²) in [5, 5.41) is 8.07. The predicted octanol–water partition coefficient (Wildman–Crippen LogP) is 3.47. The van der Waals surface area contributed by atoms with Crippen molar-refractivity contribution in [2.24, 2.45) is 7.05 Å². The van der Waals surface area contributed by atoms with E-state index in [-0.39, 0.29) is 11.6 Å². The summed E-state index contributed by atoms with van der Waals surface area (Å²) in [7, 11) is 4.04. The molecular formula is C16H30BrN3O. The number of nitrogens with zero attached hydrogens (tertiary/aromatic N) is 2. The summed E-state index contributed by atoms with van der Waals surface area (Å²) in [4.78, 5) is 0. The number of likely N-dealkylation sites (N-methyl/N-ethyl adjacent to an activating group) is 1. The summed E-state index contributed by atoms with van der Waals surface area (Å²) in [6.45, 7) is 9.36. The van der Waals surface area contributed by atoms with E-state index >= 15 is 0 Å². The van der Waals surface area contributed by atoms with Crippen molar-refractivity contribution >= 4 is 15.9 Å². The third-order valence-electron chi connectivity index (χ3n) is 4.51. The minimum Gasteiger partial charge on any atom is -0.374 e. The first kappa shape index (κ1) is 18.7. The van der Waals surface area contributed by atoms with E-state index in [0.29, 0.717) is 0 Å². The van der Waals surface area contributed by atoms with E-state index in [0.717, 1.165) is 42.5 Å². The van der Waals surface area contributed by atoms with Gasteiger partial charge < -0.3 is 10.1 Å². The quantitative estimate of drug-likeness (QED) is 0.733. The molecule has 122 valence electrons. The minimum atomic E-state index is -0.125. The fourth-order valence-corrected chi connectivity index (χ4v) is 3.90. The average molecular weight is 360 g/mol. The van der Waals surface area contributed by atoms with Crippen LogP contribution in [-0.4, -0.2) is 35.1 Å². The summed E-state index contributed by atoms with van der Waals surface area (Å²) in [5.41, 5.74) is 2.23. The Morgan fingerprint density at radius 1 is 1.29 bits per heavy atom. The molecule has 0 amide bonds. The van der Waals surface area contributed by atoms with Gasteiger partial charge >= 0.3 is 0 Å². The van der Waals surface area contributed by atoms with E-state index < -0.39 is 0 Å². The molecule has 0 aromatic carbocycles. The zero-order valence-corrected chi connectivity index (χ0v) is 15.9. The number of hydrogen-bond donors (Lipinski definition) is 1. The molecule has 1 aromatic heterocycles. The maximum Gasteiger partial charge on any atom is 0.0833 e. The predicted molar refractivity (Wildman–Crippen MR) is 91.8 cm³/mol. The first-order valence-electron chi connectivity index (χ1n) is 8.00. The minimum absolute atomic E-state index is 0.125. The van der Waals surface area contributed by atoms with Crippen LogP contribution in [0.5, 0.6) is 0 Å². The lowest BCUT2D eigenvalue weighted by molar-refractivity contribution is -0.0707. The van der Waals surface area contributed by atoms with Crippen LogP contribution in [0.4, 0.5) is 0 Å². The number of aryl methyl sites for hydroxylation is 2. The lowest BCUT2D eigenvalue weighted by Crippen LogP contribution is -2.52. The molecule has 0 radical (unpaired) electrons. The number of halogens is 1. The zero-order chi connectivity index (χ0) is 16.0. The first-order chi connectivity index (χ1) is 9.99. The summed E-state index contributed by atoms with van der Waals surface area (Å²) in [6.07, 6.45) is 3.84. The highest BCUT2D eigenvalue weighted by Gasteiger charge is 2.36. The second-order valence-electron chi connectivity index (χ2n) is 5.43. The molecule has 1 heterocycles. The van der Waals surface area contributed by atoms with Crippen molar-refractivity contribution in [3.8, 4) is 0 Å². The second-order valence-corrected chi connectivity index (χ2v) is 6.23. The molecule has 1 rings (SSSR count). The molecule has 0 aliphatic carbocycles. The Kier molecular flexibility index (Phi) is 7.37. The molecule has 1 N–H and O–H groups in total. The van der Waals surface area contributed by atoms with Gasteiger partial charge in [0.05, 0.1) is 21.5 Å². The Morgan fingerprint density at radius 2 is 1.90 bits per heavy atom. The molecule has 4 nitrogen and oxygen atoms in total. The number of ether oxygens (including phenoxy) is 1. The maximum absolute atomic E-state index is 6.16. The topological polar surface area (TPSA) is 39.1 Å². The van der Waals surface area contributed by atoms with Gasteiger partial charge in [-0.1, -0.05) is 20.8 Å². The van der Waals surface area contributed by atoms with E-state index in [1.54, 1.807) is 0 Å². The normalized spacial score (nSPS) is 13.7. The van der Waals surface area contributed by atoms with Crippen LogP contribution in [0.25, 0.3) is 0 Å². The van der Waals surface area contributed by atoms with Crippen molar-refractivity contribution in [3.05, 3.63) is 15.9 Å². The largest absolute Gasteiger partial charge is 0.374 e. The van der Waals surface area contributed by atoms with Gasteiger partial charge in [0, 0.05) is 26.1 Å². The van der Waals surface area contributed by atoms with Crippen LogP contribution < -0.4 is 5.32 Å². The van der Waals surface area contributed by atoms with Crippen LogP contribution in [0, 0.1) is 0 Å². The molecule has 21 heavy (non-hydrogen) atoms. The van der Waals surface area contributed by atoms with Crippen LogP contribution in [-0.2, 0) is 24.6 Å². The molecule has 0 saturated heterocycles. The lowest BCUT2D eigenvalue weighted by Gasteiger charge is -2.39. The van der Waals surface area contributed by atoms with Gasteiger partial charge in [0.1, 0.15) is 0 Å². The van der Waals surface area contributed by atoms with E-state index in [9.17, 15) is 0 Å². The molecule has 0 aliphatic rings. The highest BCUT2D eigenvalue weighted by molar-refractivity contribution is 9.10. The van der Waals surface area contributed by atoms with Gasteiger partial charge in [-0.2, -0.15) is 5.10 Å². The maximum atomic E-state index is 6.16. The zero-order valence-electron chi connectivity index (χ0n) is 14.3.